The zero-order chi connectivity index (χ0) is 18.4. The molecule has 0 radical (unpaired) electrons. The standard InChI is InChI=1S/C18H18BrNO4S/c1-11-2-8-14(9-3-11)25(23,24)16-15(18(16,10-20)17(21)22)12-4-6-13(19)7-5-12/h2-9,15-16H,10,20H2,1H3,(H,21,22)/t15-,16-,18+/m0/s1. The van der Waals surface area contributed by atoms with Crippen molar-refractivity contribution in [2.75, 3.05) is 6.54 Å². The summed E-state index contributed by atoms with van der Waals surface area (Å²) < 4.78 is 27.1. The van der Waals surface area contributed by atoms with Gasteiger partial charge in [-0.3, -0.25) is 4.79 Å². The molecule has 0 amide bonds. The molecule has 7 heteroatoms. The first-order valence-corrected chi connectivity index (χ1v) is 10.1. The molecule has 0 spiro atoms. The summed E-state index contributed by atoms with van der Waals surface area (Å²) in [6, 6.07) is 13.5. The van der Waals surface area contributed by atoms with Crippen LogP contribution in [0.3, 0.4) is 0 Å². The Hall–Kier alpha value is -1.70. The molecule has 0 bridgehead atoms. The first-order chi connectivity index (χ1) is 11.7. The van der Waals surface area contributed by atoms with Crippen molar-refractivity contribution in [2.45, 2.75) is 23.0 Å². The Balaban J connectivity index is 2.10. The van der Waals surface area contributed by atoms with Crippen molar-refractivity contribution in [2.24, 2.45) is 11.1 Å². The van der Waals surface area contributed by atoms with Crippen molar-refractivity contribution in [1.82, 2.24) is 0 Å². The van der Waals surface area contributed by atoms with Gasteiger partial charge in [0, 0.05) is 16.9 Å². The number of aryl methyl sites for hydroxylation is 1. The minimum absolute atomic E-state index is 0.127. The predicted octanol–water partition coefficient (Wildman–Crippen LogP) is 2.73. The summed E-state index contributed by atoms with van der Waals surface area (Å²) in [5.41, 5.74) is 5.86. The highest BCUT2D eigenvalue weighted by Crippen LogP contribution is 2.63. The van der Waals surface area contributed by atoms with Gasteiger partial charge in [0.15, 0.2) is 9.84 Å². The molecule has 3 atom stereocenters. The van der Waals surface area contributed by atoms with E-state index >= 15 is 0 Å². The molecule has 132 valence electrons. The Kier molecular flexibility index (Phi) is 4.51. The maximum atomic E-state index is 13.1. The van der Waals surface area contributed by atoms with Crippen molar-refractivity contribution < 1.29 is 18.3 Å². The van der Waals surface area contributed by atoms with Crippen LogP contribution in [0.25, 0.3) is 0 Å². The van der Waals surface area contributed by atoms with Crippen LogP contribution < -0.4 is 5.73 Å². The average molecular weight is 424 g/mol. The van der Waals surface area contributed by atoms with Crippen LogP contribution in [0.4, 0.5) is 0 Å². The fraction of sp³-hybridized carbons (Fsp3) is 0.278. The minimum Gasteiger partial charge on any atom is -0.481 e. The summed E-state index contributed by atoms with van der Waals surface area (Å²) in [5, 5.41) is 8.68. The molecule has 0 aliphatic heterocycles. The van der Waals surface area contributed by atoms with Crippen LogP contribution in [-0.2, 0) is 14.6 Å². The van der Waals surface area contributed by atoms with E-state index in [1.165, 1.54) is 12.1 Å². The molecule has 1 aliphatic rings. The van der Waals surface area contributed by atoms with Crippen molar-refractivity contribution >= 4 is 31.7 Å². The Labute approximate surface area is 154 Å². The molecule has 2 aromatic carbocycles. The second-order valence-electron chi connectivity index (χ2n) is 6.36. The van der Waals surface area contributed by atoms with E-state index in [1.807, 2.05) is 6.92 Å². The molecule has 1 fully saturated rings. The lowest BCUT2D eigenvalue weighted by atomic mass is 9.99. The number of sulfone groups is 1. The van der Waals surface area contributed by atoms with Crippen LogP contribution in [0.1, 0.15) is 17.0 Å². The second kappa shape index (κ2) is 6.23. The van der Waals surface area contributed by atoms with Crippen molar-refractivity contribution in [3.05, 3.63) is 64.1 Å². The molecule has 3 N–H and O–H groups in total. The Bertz CT molecular complexity index is 909. The average Bonchev–Trinajstić information content (AvgIpc) is 3.27. The third-order valence-corrected chi connectivity index (χ3v) is 7.72. The smallest absolute Gasteiger partial charge is 0.312 e. The molecule has 0 unspecified atom stereocenters. The van der Waals surface area contributed by atoms with Crippen LogP contribution in [-0.4, -0.2) is 31.3 Å². The number of carbonyl (C=O) groups is 1. The van der Waals surface area contributed by atoms with Crippen LogP contribution in [0.15, 0.2) is 57.9 Å². The van der Waals surface area contributed by atoms with Crippen molar-refractivity contribution in [1.29, 1.82) is 0 Å². The van der Waals surface area contributed by atoms with Gasteiger partial charge < -0.3 is 10.8 Å². The van der Waals surface area contributed by atoms with Gasteiger partial charge in [0.2, 0.25) is 0 Å². The van der Waals surface area contributed by atoms with Gasteiger partial charge in [-0.15, -0.1) is 0 Å². The van der Waals surface area contributed by atoms with Gasteiger partial charge in [0.1, 0.15) is 5.41 Å². The summed E-state index contributed by atoms with van der Waals surface area (Å²) in [5.74, 6) is -1.85. The quantitative estimate of drug-likeness (QED) is 0.770. The highest BCUT2D eigenvalue weighted by Gasteiger charge is 2.75. The lowest BCUT2D eigenvalue weighted by Crippen LogP contribution is -2.31. The molecule has 0 saturated heterocycles. The number of benzene rings is 2. The van der Waals surface area contributed by atoms with Gasteiger partial charge in [-0.25, -0.2) is 8.42 Å². The largest absolute Gasteiger partial charge is 0.481 e. The molecular weight excluding hydrogens is 406 g/mol. The summed E-state index contributed by atoms with van der Waals surface area (Å²) >= 11 is 3.33. The first kappa shape index (κ1) is 18.1. The third kappa shape index (κ3) is 2.80. The molecule has 1 aliphatic carbocycles. The highest BCUT2D eigenvalue weighted by atomic mass is 79.9. The number of halogens is 1. The van der Waals surface area contributed by atoms with Crippen molar-refractivity contribution in [3.8, 4) is 0 Å². The maximum Gasteiger partial charge on any atom is 0.312 e. The van der Waals surface area contributed by atoms with Gasteiger partial charge in [0.25, 0.3) is 0 Å². The molecule has 25 heavy (non-hydrogen) atoms. The number of nitrogens with two attached hydrogens (primary N) is 1. The summed E-state index contributed by atoms with van der Waals surface area (Å²) in [6.07, 6.45) is 0. The Morgan fingerprint density at radius 1 is 1.16 bits per heavy atom. The molecule has 5 nitrogen and oxygen atoms in total. The van der Waals surface area contributed by atoms with E-state index < -0.39 is 32.4 Å². The van der Waals surface area contributed by atoms with Gasteiger partial charge in [-0.1, -0.05) is 45.8 Å². The molecule has 0 heterocycles. The molecule has 3 rings (SSSR count). The SMILES string of the molecule is Cc1ccc(S(=O)(=O)[C@H]2[C@H](c3ccc(Br)cc3)[C@@]2(CN)C(=O)O)cc1. The summed E-state index contributed by atoms with van der Waals surface area (Å²) in [6.45, 7) is 1.62. The highest BCUT2D eigenvalue weighted by molar-refractivity contribution is 9.10. The van der Waals surface area contributed by atoms with Crippen LogP contribution in [0.2, 0.25) is 0 Å². The van der Waals surface area contributed by atoms with Gasteiger partial charge in [0.05, 0.1) is 10.1 Å². The van der Waals surface area contributed by atoms with E-state index in [-0.39, 0.29) is 11.4 Å². The monoisotopic (exact) mass is 423 g/mol. The first-order valence-electron chi connectivity index (χ1n) is 7.74. The zero-order valence-electron chi connectivity index (χ0n) is 13.5. The number of carboxylic acids is 1. The lowest BCUT2D eigenvalue weighted by Gasteiger charge is -2.10. The van der Waals surface area contributed by atoms with Gasteiger partial charge >= 0.3 is 5.97 Å². The number of carboxylic acid groups (broad SMARTS) is 1. The van der Waals surface area contributed by atoms with E-state index in [1.54, 1.807) is 36.4 Å². The second-order valence-corrected chi connectivity index (χ2v) is 9.34. The lowest BCUT2D eigenvalue weighted by molar-refractivity contribution is -0.143. The zero-order valence-corrected chi connectivity index (χ0v) is 15.9. The topological polar surface area (TPSA) is 97.5 Å². The number of aliphatic carboxylic acids is 1. The number of rotatable bonds is 5. The Morgan fingerprint density at radius 3 is 2.20 bits per heavy atom. The summed E-state index contributed by atoms with van der Waals surface area (Å²) in [7, 11) is -3.83. The number of hydrogen-bond donors (Lipinski definition) is 2. The van der Waals surface area contributed by atoms with E-state index in [0.717, 1.165) is 10.0 Å². The predicted molar refractivity (Wildman–Crippen MR) is 98.2 cm³/mol. The third-order valence-electron chi connectivity index (χ3n) is 4.91. The normalized spacial score (nSPS) is 25.6. The fourth-order valence-electron chi connectivity index (χ4n) is 3.46. The van der Waals surface area contributed by atoms with E-state index in [0.29, 0.717) is 5.56 Å². The van der Waals surface area contributed by atoms with Crippen molar-refractivity contribution in [3.63, 3.8) is 0 Å². The maximum absolute atomic E-state index is 13.1. The van der Waals surface area contributed by atoms with Gasteiger partial charge in [-0.2, -0.15) is 0 Å². The van der Waals surface area contributed by atoms with Crippen LogP contribution in [0, 0.1) is 12.3 Å². The van der Waals surface area contributed by atoms with E-state index in [2.05, 4.69) is 15.9 Å². The van der Waals surface area contributed by atoms with Crippen LogP contribution in [0.5, 0.6) is 0 Å². The fourth-order valence-corrected chi connectivity index (χ4v) is 6.11. The number of hydrogen-bond acceptors (Lipinski definition) is 4. The minimum atomic E-state index is -3.83. The molecule has 2 aromatic rings. The molecular formula is C18H18BrNO4S. The molecule has 0 aromatic heterocycles. The Morgan fingerprint density at radius 2 is 1.72 bits per heavy atom. The summed E-state index contributed by atoms with van der Waals surface area (Å²) in [4.78, 5) is 12.1. The van der Waals surface area contributed by atoms with E-state index in [4.69, 9.17) is 5.73 Å². The van der Waals surface area contributed by atoms with E-state index in [9.17, 15) is 18.3 Å². The van der Waals surface area contributed by atoms with Crippen LogP contribution >= 0.6 is 15.9 Å². The van der Waals surface area contributed by atoms with Gasteiger partial charge in [-0.05, 0) is 36.8 Å². The molecule has 1 saturated carbocycles.